The summed E-state index contributed by atoms with van der Waals surface area (Å²) in [6.45, 7) is 6.94. The van der Waals surface area contributed by atoms with Gasteiger partial charge in [0.1, 0.15) is 0 Å². The third-order valence-electron chi connectivity index (χ3n) is 4.49. The van der Waals surface area contributed by atoms with E-state index in [0.717, 1.165) is 12.8 Å². The second-order valence-electron chi connectivity index (χ2n) is 6.45. The third kappa shape index (κ3) is 2.22. The van der Waals surface area contributed by atoms with E-state index in [1.54, 1.807) is 0 Å². The molecule has 0 fully saturated rings. The summed E-state index contributed by atoms with van der Waals surface area (Å²) < 4.78 is 0. The van der Waals surface area contributed by atoms with Crippen LogP contribution in [0.4, 0.5) is 5.69 Å². The molecule has 1 N–H and O–H groups in total. The molecule has 1 aliphatic carbocycles. The molecule has 0 aliphatic heterocycles. The number of fused-ring (bicyclic) bond motifs is 1. The summed E-state index contributed by atoms with van der Waals surface area (Å²) in [5.74, 6) is 0. The Morgan fingerprint density at radius 2 is 1.75 bits per heavy atom. The summed E-state index contributed by atoms with van der Waals surface area (Å²) in [5.41, 5.74) is 5.88. The smallest absolute Gasteiger partial charge is 0.0570 e. The third-order valence-corrected chi connectivity index (χ3v) is 4.49. The predicted octanol–water partition coefficient (Wildman–Crippen LogP) is 4.98. The first-order valence-corrected chi connectivity index (χ1v) is 7.54. The van der Waals surface area contributed by atoms with E-state index in [1.165, 1.54) is 22.4 Å². The molecule has 0 bridgehead atoms. The quantitative estimate of drug-likeness (QED) is 0.825. The first kappa shape index (κ1) is 13.2. The lowest BCUT2D eigenvalue weighted by atomic mass is 9.85. The van der Waals surface area contributed by atoms with Crippen molar-refractivity contribution in [2.24, 2.45) is 5.41 Å². The van der Waals surface area contributed by atoms with Gasteiger partial charge >= 0.3 is 0 Å². The fourth-order valence-electron chi connectivity index (χ4n) is 3.39. The van der Waals surface area contributed by atoms with Gasteiger partial charge in [0.05, 0.1) is 6.04 Å². The van der Waals surface area contributed by atoms with Crippen LogP contribution < -0.4 is 5.32 Å². The zero-order valence-electron chi connectivity index (χ0n) is 12.6. The highest BCUT2D eigenvalue weighted by Gasteiger charge is 2.38. The van der Waals surface area contributed by atoms with Gasteiger partial charge < -0.3 is 5.32 Å². The highest BCUT2D eigenvalue weighted by atomic mass is 14.9. The average Bonchev–Trinajstić information content (AvgIpc) is 2.70. The summed E-state index contributed by atoms with van der Waals surface area (Å²) in [7, 11) is 0. The van der Waals surface area contributed by atoms with Gasteiger partial charge in [-0.1, -0.05) is 63.2 Å². The van der Waals surface area contributed by atoms with E-state index < -0.39 is 0 Å². The summed E-state index contributed by atoms with van der Waals surface area (Å²) in [5, 5.41) is 3.81. The second-order valence-corrected chi connectivity index (χ2v) is 6.45. The number of benzene rings is 2. The van der Waals surface area contributed by atoms with Crippen LogP contribution in [0.3, 0.4) is 0 Å². The fraction of sp³-hybridized carbons (Fsp3) is 0.368. The number of nitrogens with one attached hydrogen (secondary N) is 1. The van der Waals surface area contributed by atoms with Gasteiger partial charge in [-0.15, -0.1) is 0 Å². The fourth-order valence-corrected chi connectivity index (χ4v) is 3.39. The van der Waals surface area contributed by atoms with Crippen LogP contribution in [-0.2, 0) is 12.8 Å². The molecule has 0 amide bonds. The van der Waals surface area contributed by atoms with Gasteiger partial charge in [0.2, 0.25) is 0 Å². The van der Waals surface area contributed by atoms with Gasteiger partial charge in [-0.2, -0.15) is 0 Å². The molecule has 1 heteroatoms. The predicted molar refractivity (Wildman–Crippen MR) is 86.1 cm³/mol. The Hall–Kier alpha value is -1.76. The van der Waals surface area contributed by atoms with E-state index in [2.05, 4.69) is 74.6 Å². The van der Waals surface area contributed by atoms with Gasteiger partial charge in [0.25, 0.3) is 0 Å². The van der Waals surface area contributed by atoms with Crippen molar-refractivity contribution in [2.75, 3.05) is 5.32 Å². The molecular formula is C19H23N. The Morgan fingerprint density at radius 3 is 2.55 bits per heavy atom. The van der Waals surface area contributed by atoms with Crippen LogP contribution in [0.25, 0.3) is 0 Å². The van der Waals surface area contributed by atoms with Crippen molar-refractivity contribution in [3.8, 4) is 0 Å². The van der Waals surface area contributed by atoms with E-state index in [1.807, 2.05) is 0 Å². The molecule has 0 radical (unpaired) electrons. The molecule has 0 saturated carbocycles. The highest BCUT2D eigenvalue weighted by molar-refractivity contribution is 5.55. The molecule has 0 heterocycles. The molecule has 2 aromatic carbocycles. The number of rotatable bonds is 3. The highest BCUT2D eigenvalue weighted by Crippen LogP contribution is 2.47. The van der Waals surface area contributed by atoms with Crippen LogP contribution in [-0.4, -0.2) is 0 Å². The minimum Gasteiger partial charge on any atom is -0.377 e. The first-order valence-electron chi connectivity index (χ1n) is 7.54. The number of para-hydroxylation sites is 1. The van der Waals surface area contributed by atoms with Crippen LogP contribution in [0.5, 0.6) is 0 Å². The maximum Gasteiger partial charge on any atom is 0.0570 e. The summed E-state index contributed by atoms with van der Waals surface area (Å²) in [6.07, 6.45) is 2.22. The van der Waals surface area contributed by atoms with E-state index >= 15 is 0 Å². The maximum atomic E-state index is 3.81. The van der Waals surface area contributed by atoms with Gasteiger partial charge in [-0.25, -0.2) is 0 Å². The van der Waals surface area contributed by atoms with Crippen molar-refractivity contribution in [3.05, 3.63) is 65.2 Å². The van der Waals surface area contributed by atoms with Crippen LogP contribution in [0.15, 0.2) is 48.5 Å². The molecule has 1 unspecified atom stereocenters. The monoisotopic (exact) mass is 265 g/mol. The Balaban J connectivity index is 1.97. The molecular weight excluding hydrogens is 242 g/mol. The summed E-state index contributed by atoms with van der Waals surface area (Å²) in [4.78, 5) is 0. The standard InChI is InChI=1S/C19H23N/c1-4-14-9-6-8-12-17(14)20-18-16-11-7-5-10-15(16)13-19(18,2)3/h5-12,18,20H,4,13H2,1-3H3. The van der Waals surface area contributed by atoms with E-state index in [0.29, 0.717) is 6.04 Å². The van der Waals surface area contributed by atoms with Crippen molar-refractivity contribution in [1.29, 1.82) is 0 Å². The normalized spacial score (nSPS) is 19.6. The van der Waals surface area contributed by atoms with Crippen molar-refractivity contribution in [3.63, 3.8) is 0 Å². The molecule has 0 aromatic heterocycles. The average molecular weight is 265 g/mol. The topological polar surface area (TPSA) is 12.0 Å². The number of hydrogen-bond donors (Lipinski definition) is 1. The second kappa shape index (κ2) is 4.97. The number of anilines is 1. The van der Waals surface area contributed by atoms with Crippen LogP contribution >= 0.6 is 0 Å². The van der Waals surface area contributed by atoms with Crippen molar-refractivity contribution in [2.45, 2.75) is 39.7 Å². The molecule has 1 aliphatic rings. The lowest BCUT2D eigenvalue weighted by molar-refractivity contribution is 0.337. The molecule has 0 saturated heterocycles. The maximum absolute atomic E-state index is 3.81. The molecule has 0 spiro atoms. The van der Waals surface area contributed by atoms with E-state index in [9.17, 15) is 0 Å². The summed E-state index contributed by atoms with van der Waals surface area (Å²) in [6, 6.07) is 17.9. The Morgan fingerprint density at radius 1 is 1.05 bits per heavy atom. The van der Waals surface area contributed by atoms with Gasteiger partial charge in [-0.3, -0.25) is 0 Å². The lowest BCUT2D eigenvalue weighted by Crippen LogP contribution is -2.25. The Kier molecular flexibility index (Phi) is 3.29. The Bertz CT molecular complexity index is 613. The molecule has 2 aromatic rings. The lowest BCUT2D eigenvalue weighted by Gasteiger charge is -2.30. The van der Waals surface area contributed by atoms with Crippen LogP contribution in [0.1, 0.15) is 43.5 Å². The Labute approximate surface area is 122 Å². The van der Waals surface area contributed by atoms with Gasteiger partial charge in [-0.05, 0) is 41.0 Å². The van der Waals surface area contributed by atoms with E-state index in [-0.39, 0.29) is 5.41 Å². The van der Waals surface area contributed by atoms with Crippen molar-refractivity contribution in [1.82, 2.24) is 0 Å². The molecule has 20 heavy (non-hydrogen) atoms. The minimum absolute atomic E-state index is 0.255. The molecule has 1 nitrogen and oxygen atoms in total. The summed E-state index contributed by atoms with van der Waals surface area (Å²) >= 11 is 0. The largest absolute Gasteiger partial charge is 0.377 e. The zero-order chi connectivity index (χ0) is 14.2. The zero-order valence-corrected chi connectivity index (χ0v) is 12.6. The number of aryl methyl sites for hydroxylation is 1. The molecule has 104 valence electrons. The van der Waals surface area contributed by atoms with E-state index in [4.69, 9.17) is 0 Å². The SMILES string of the molecule is CCc1ccccc1NC1c2ccccc2CC1(C)C. The minimum atomic E-state index is 0.255. The first-order chi connectivity index (χ1) is 9.62. The van der Waals surface area contributed by atoms with Crippen LogP contribution in [0, 0.1) is 5.41 Å². The van der Waals surface area contributed by atoms with Gasteiger partial charge in [0.15, 0.2) is 0 Å². The van der Waals surface area contributed by atoms with Gasteiger partial charge in [0, 0.05) is 5.69 Å². The van der Waals surface area contributed by atoms with Crippen molar-refractivity contribution < 1.29 is 0 Å². The molecule has 3 rings (SSSR count). The molecule has 1 atom stereocenters. The van der Waals surface area contributed by atoms with Crippen LogP contribution in [0.2, 0.25) is 0 Å². The van der Waals surface area contributed by atoms with Crippen molar-refractivity contribution >= 4 is 5.69 Å². The number of hydrogen-bond acceptors (Lipinski definition) is 1.